The van der Waals surface area contributed by atoms with Gasteiger partial charge in [-0.25, -0.2) is 4.79 Å². The Morgan fingerprint density at radius 1 is 1.11 bits per heavy atom. The lowest BCUT2D eigenvalue weighted by Gasteiger charge is -2.48. The fraction of sp³-hybridized carbons (Fsp3) is 0.300. The number of carbonyl (C=O) groups is 1. The predicted molar refractivity (Wildman–Crippen MR) is 149 cm³/mol. The number of rotatable bonds is 7. The van der Waals surface area contributed by atoms with Gasteiger partial charge in [0.1, 0.15) is 18.1 Å². The Morgan fingerprint density at radius 2 is 1.84 bits per heavy atom. The van der Waals surface area contributed by atoms with Crippen LogP contribution in [0.4, 0.5) is 10.5 Å². The monoisotopic (exact) mass is 533 g/mol. The van der Waals surface area contributed by atoms with Crippen LogP contribution in [0.3, 0.4) is 0 Å². The van der Waals surface area contributed by atoms with Crippen molar-refractivity contribution in [3.8, 4) is 11.5 Å². The number of benzene rings is 3. The second-order valence-corrected chi connectivity index (χ2v) is 10.6. The van der Waals surface area contributed by atoms with Crippen molar-refractivity contribution >= 4 is 23.4 Å². The Bertz CT molecular complexity index is 1330. The molecule has 3 aromatic rings. The fourth-order valence-electron chi connectivity index (χ4n) is 5.99. The van der Waals surface area contributed by atoms with Crippen LogP contribution in [0, 0.1) is 0 Å². The molecule has 7 nitrogen and oxygen atoms in total. The van der Waals surface area contributed by atoms with Crippen molar-refractivity contribution in [3.63, 3.8) is 0 Å². The summed E-state index contributed by atoms with van der Waals surface area (Å²) in [5, 5.41) is 23.7. The molecule has 8 heteroatoms. The standard InChI is InChI=1S/C30H32ClN3O4/c1-20-16-33(2)18-28-30(20,10-11-32-29(37)38-19-21-6-4-3-5-7-21)26-14-23(31)8-9-27(26)34(28)17-22-12-24(35)15-25(36)13-22/h3-9,12-15,28,35-36H,1,10-11,16-19H2,2H3,(H,32,37)/t28-,30-/m0/s1. The zero-order chi connectivity index (χ0) is 26.9. The number of likely N-dealkylation sites (tertiary alicyclic amines) is 1. The molecule has 1 fully saturated rings. The number of aromatic hydroxyl groups is 2. The molecular formula is C30H32ClN3O4. The van der Waals surface area contributed by atoms with E-state index in [1.165, 1.54) is 6.07 Å². The molecule has 2 aliphatic heterocycles. The van der Waals surface area contributed by atoms with Gasteiger partial charge in [-0.2, -0.15) is 0 Å². The van der Waals surface area contributed by atoms with E-state index in [-0.39, 0.29) is 24.1 Å². The van der Waals surface area contributed by atoms with E-state index in [1.54, 1.807) is 12.1 Å². The van der Waals surface area contributed by atoms with Crippen molar-refractivity contribution in [3.05, 3.63) is 101 Å². The van der Waals surface area contributed by atoms with Gasteiger partial charge < -0.3 is 30.1 Å². The normalized spacial score (nSPS) is 20.6. The number of ether oxygens (including phenoxy) is 1. The maximum atomic E-state index is 12.5. The third-order valence-corrected chi connectivity index (χ3v) is 7.82. The maximum absolute atomic E-state index is 12.5. The van der Waals surface area contributed by atoms with E-state index in [1.807, 2.05) is 48.5 Å². The summed E-state index contributed by atoms with van der Waals surface area (Å²) in [5.41, 5.74) is 4.44. The van der Waals surface area contributed by atoms with E-state index in [2.05, 4.69) is 28.7 Å². The van der Waals surface area contributed by atoms with Gasteiger partial charge in [0.15, 0.2) is 0 Å². The molecule has 2 aliphatic rings. The van der Waals surface area contributed by atoms with Crippen LogP contribution in [0.15, 0.2) is 78.9 Å². The Labute approximate surface area is 227 Å². The minimum atomic E-state index is -0.461. The third kappa shape index (κ3) is 5.04. The zero-order valence-electron chi connectivity index (χ0n) is 21.4. The predicted octanol–water partition coefficient (Wildman–Crippen LogP) is 5.20. The van der Waals surface area contributed by atoms with Crippen molar-refractivity contribution in [1.29, 1.82) is 0 Å². The molecule has 1 saturated heterocycles. The molecule has 0 aliphatic carbocycles. The number of fused-ring (bicyclic) bond motifs is 3. The van der Waals surface area contributed by atoms with Crippen LogP contribution >= 0.6 is 11.6 Å². The van der Waals surface area contributed by atoms with Gasteiger partial charge in [-0.1, -0.05) is 54.1 Å². The van der Waals surface area contributed by atoms with Crippen LogP contribution in [0.2, 0.25) is 5.02 Å². The van der Waals surface area contributed by atoms with Gasteiger partial charge in [-0.15, -0.1) is 0 Å². The number of phenols is 2. The first-order valence-electron chi connectivity index (χ1n) is 12.7. The van der Waals surface area contributed by atoms with Crippen LogP contribution in [0.5, 0.6) is 11.5 Å². The van der Waals surface area contributed by atoms with E-state index in [0.29, 0.717) is 24.5 Å². The molecular weight excluding hydrogens is 502 g/mol. The van der Waals surface area contributed by atoms with Crippen molar-refractivity contribution < 1.29 is 19.7 Å². The number of alkyl carbamates (subject to hydrolysis) is 1. The van der Waals surface area contributed by atoms with Crippen LogP contribution in [0.25, 0.3) is 0 Å². The SMILES string of the molecule is C=C1CN(C)C[C@@H]2N(Cc3cc(O)cc(O)c3)c3ccc(Cl)cc3[C@]12CCNC(=O)OCc1ccccc1. The number of likely N-dealkylation sites (N-methyl/N-ethyl adjacent to an activating group) is 1. The second-order valence-electron chi connectivity index (χ2n) is 10.2. The molecule has 2 heterocycles. The lowest BCUT2D eigenvalue weighted by molar-refractivity contribution is 0.137. The van der Waals surface area contributed by atoms with Gasteiger partial charge >= 0.3 is 6.09 Å². The largest absolute Gasteiger partial charge is 0.508 e. The molecule has 38 heavy (non-hydrogen) atoms. The number of piperidine rings is 1. The smallest absolute Gasteiger partial charge is 0.407 e. The average Bonchev–Trinajstić information content (AvgIpc) is 3.12. The van der Waals surface area contributed by atoms with Gasteiger partial charge in [0.25, 0.3) is 0 Å². The Hall–Kier alpha value is -3.68. The highest BCUT2D eigenvalue weighted by Crippen LogP contribution is 2.54. The van der Waals surface area contributed by atoms with Crippen molar-refractivity contribution in [2.24, 2.45) is 0 Å². The Morgan fingerprint density at radius 3 is 2.58 bits per heavy atom. The molecule has 0 aromatic heterocycles. The molecule has 0 radical (unpaired) electrons. The van der Waals surface area contributed by atoms with Gasteiger partial charge in [0, 0.05) is 48.4 Å². The number of phenolic OH excluding ortho intramolecular Hbond substituents is 2. The quantitative estimate of drug-likeness (QED) is 0.362. The first kappa shape index (κ1) is 25.9. The fourth-order valence-corrected chi connectivity index (χ4v) is 6.16. The minimum absolute atomic E-state index is 0.00819. The first-order valence-corrected chi connectivity index (χ1v) is 13.0. The third-order valence-electron chi connectivity index (χ3n) is 7.59. The number of anilines is 1. The summed E-state index contributed by atoms with van der Waals surface area (Å²) in [4.78, 5) is 17.1. The number of halogens is 1. The second kappa shape index (κ2) is 10.6. The van der Waals surface area contributed by atoms with Gasteiger partial charge in [-0.3, -0.25) is 0 Å². The Kier molecular flexibility index (Phi) is 7.23. The molecule has 0 bridgehead atoms. The number of hydrogen-bond acceptors (Lipinski definition) is 6. The van der Waals surface area contributed by atoms with Crippen LogP contribution < -0.4 is 10.2 Å². The lowest BCUT2D eigenvalue weighted by Crippen LogP contribution is -2.57. The highest BCUT2D eigenvalue weighted by molar-refractivity contribution is 6.30. The van der Waals surface area contributed by atoms with Crippen LogP contribution in [-0.2, 0) is 23.3 Å². The van der Waals surface area contributed by atoms with E-state index >= 15 is 0 Å². The summed E-state index contributed by atoms with van der Waals surface area (Å²) in [5.74, 6) is 0.0374. The molecule has 3 aromatic carbocycles. The van der Waals surface area contributed by atoms with E-state index in [0.717, 1.165) is 41.0 Å². The molecule has 0 spiro atoms. The van der Waals surface area contributed by atoms with Crippen molar-refractivity contribution in [2.45, 2.75) is 31.0 Å². The number of hydrogen-bond donors (Lipinski definition) is 3. The van der Waals surface area contributed by atoms with E-state index < -0.39 is 11.5 Å². The first-order chi connectivity index (χ1) is 18.3. The topological polar surface area (TPSA) is 85.3 Å². The lowest BCUT2D eigenvalue weighted by atomic mass is 9.66. The van der Waals surface area contributed by atoms with Gasteiger partial charge in [0.05, 0.1) is 6.04 Å². The van der Waals surface area contributed by atoms with E-state index in [9.17, 15) is 15.0 Å². The molecule has 3 N–H and O–H groups in total. The van der Waals surface area contributed by atoms with Crippen LogP contribution in [0.1, 0.15) is 23.1 Å². The van der Waals surface area contributed by atoms with Crippen LogP contribution in [-0.4, -0.2) is 53.9 Å². The number of nitrogens with one attached hydrogen (secondary N) is 1. The molecule has 0 unspecified atom stereocenters. The van der Waals surface area contributed by atoms with E-state index in [4.69, 9.17) is 16.3 Å². The van der Waals surface area contributed by atoms with Gasteiger partial charge in [-0.05, 0) is 60.5 Å². The summed E-state index contributed by atoms with van der Waals surface area (Å²) < 4.78 is 5.42. The zero-order valence-corrected chi connectivity index (χ0v) is 22.1. The van der Waals surface area contributed by atoms with Crippen molar-refractivity contribution in [1.82, 2.24) is 10.2 Å². The maximum Gasteiger partial charge on any atom is 0.407 e. The number of nitrogens with zero attached hydrogens (tertiary/aromatic N) is 2. The highest BCUT2D eigenvalue weighted by Gasteiger charge is 2.54. The molecule has 1 amide bonds. The minimum Gasteiger partial charge on any atom is -0.508 e. The molecule has 5 rings (SSSR count). The van der Waals surface area contributed by atoms with Gasteiger partial charge in [0.2, 0.25) is 0 Å². The summed E-state index contributed by atoms with van der Waals surface area (Å²) >= 11 is 6.51. The molecule has 0 saturated carbocycles. The number of carbonyl (C=O) groups excluding carboxylic acids is 1. The molecule has 2 atom stereocenters. The summed E-state index contributed by atoms with van der Waals surface area (Å²) in [6, 6.07) is 20.2. The average molecular weight is 534 g/mol. The summed E-state index contributed by atoms with van der Waals surface area (Å²) in [6.45, 7) is 7.11. The molecule has 198 valence electrons. The summed E-state index contributed by atoms with van der Waals surface area (Å²) in [6.07, 6.45) is 0.164. The highest BCUT2D eigenvalue weighted by atomic mass is 35.5. The summed E-state index contributed by atoms with van der Waals surface area (Å²) in [7, 11) is 2.07. The Balaban J connectivity index is 1.41. The van der Waals surface area contributed by atoms with Crippen molar-refractivity contribution in [2.75, 3.05) is 31.6 Å². The number of amides is 1.